The predicted molar refractivity (Wildman–Crippen MR) is 96.9 cm³/mol. The van der Waals surface area contributed by atoms with Crippen molar-refractivity contribution in [3.63, 3.8) is 0 Å². The fraction of sp³-hybridized carbons (Fsp3) is 0.167. The van der Waals surface area contributed by atoms with Gasteiger partial charge in [0.25, 0.3) is 0 Å². The zero-order valence-electron chi connectivity index (χ0n) is 14.5. The lowest BCUT2D eigenvalue weighted by molar-refractivity contribution is -0.385. The van der Waals surface area contributed by atoms with Gasteiger partial charge in [-0.25, -0.2) is 0 Å². The van der Waals surface area contributed by atoms with Crippen molar-refractivity contribution in [2.75, 3.05) is 26.6 Å². The summed E-state index contributed by atoms with van der Waals surface area (Å²) in [6.07, 6.45) is 2.91. The SMILES string of the molecule is COc1ccc(/C=C/C(=O)Nc2ccc(OC)c([N+](=O)[O-])c2)cc1OC. The van der Waals surface area contributed by atoms with E-state index in [4.69, 9.17) is 14.2 Å². The van der Waals surface area contributed by atoms with Crippen molar-refractivity contribution in [1.29, 1.82) is 0 Å². The second-order valence-corrected chi connectivity index (χ2v) is 5.08. The van der Waals surface area contributed by atoms with Gasteiger partial charge >= 0.3 is 5.69 Å². The number of methoxy groups -OCH3 is 3. The van der Waals surface area contributed by atoms with Crippen molar-refractivity contribution >= 4 is 23.4 Å². The Morgan fingerprint density at radius 1 is 1.00 bits per heavy atom. The molecule has 2 rings (SSSR count). The molecule has 0 aliphatic heterocycles. The summed E-state index contributed by atoms with van der Waals surface area (Å²) < 4.78 is 15.3. The molecule has 0 aromatic heterocycles. The summed E-state index contributed by atoms with van der Waals surface area (Å²) in [5.74, 6) is 0.814. The van der Waals surface area contributed by atoms with Crippen LogP contribution in [0.25, 0.3) is 6.08 Å². The van der Waals surface area contributed by atoms with Crippen LogP contribution in [0.3, 0.4) is 0 Å². The normalized spacial score (nSPS) is 10.4. The molecule has 8 nitrogen and oxygen atoms in total. The van der Waals surface area contributed by atoms with Gasteiger partial charge in [-0.05, 0) is 35.9 Å². The van der Waals surface area contributed by atoms with Crippen LogP contribution < -0.4 is 19.5 Å². The number of amides is 1. The number of hydrogen-bond donors (Lipinski definition) is 1. The summed E-state index contributed by atoms with van der Waals surface area (Å²) in [7, 11) is 4.40. The number of nitro groups is 1. The molecular formula is C18H18N2O6. The largest absolute Gasteiger partial charge is 0.493 e. The minimum Gasteiger partial charge on any atom is -0.493 e. The Kier molecular flexibility index (Phi) is 6.15. The van der Waals surface area contributed by atoms with Crippen molar-refractivity contribution < 1.29 is 23.9 Å². The van der Waals surface area contributed by atoms with E-state index in [9.17, 15) is 14.9 Å². The Balaban J connectivity index is 2.12. The summed E-state index contributed by atoms with van der Waals surface area (Å²) in [5.41, 5.74) is 0.798. The summed E-state index contributed by atoms with van der Waals surface area (Å²) in [6.45, 7) is 0. The van der Waals surface area contributed by atoms with Crippen molar-refractivity contribution in [3.8, 4) is 17.2 Å². The Morgan fingerprint density at radius 3 is 2.27 bits per heavy atom. The number of rotatable bonds is 7. The quantitative estimate of drug-likeness (QED) is 0.463. The van der Waals surface area contributed by atoms with Crippen LogP contribution in [0.15, 0.2) is 42.5 Å². The van der Waals surface area contributed by atoms with Crippen molar-refractivity contribution in [2.24, 2.45) is 0 Å². The minimum absolute atomic E-state index is 0.119. The number of anilines is 1. The van der Waals surface area contributed by atoms with E-state index in [1.807, 2.05) is 0 Å². The Labute approximate surface area is 150 Å². The van der Waals surface area contributed by atoms with Gasteiger partial charge in [-0.15, -0.1) is 0 Å². The molecule has 136 valence electrons. The molecule has 0 spiro atoms. The number of ether oxygens (including phenoxy) is 3. The third-order valence-corrected chi connectivity index (χ3v) is 3.48. The third kappa shape index (κ3) is 4.50. The van der Waals surface area contributed by atoms with Crippen LogP contribution in [0.1, 0.15) is 5.56 Å². The monoisotopic (exact) mass is 358 g/mol. The third-order valence-electron chi connectivity index (χ3n) is 3.48. The van der Waals surface area contributed by atoms with E-state index < -0.39 is 10.8 Å². The van der Waals surface area contributed by atoms with E-state index in [1.54, 1.807) is 24.3 Å². The lowest BCUT2D eigenvalue weighted by Gasteiger charge is -2.07. The molecule has 0 saturated carbocycles. The Bertz CT molecular complexity index is 848. The van der Waals surface area contributed by atoms with Crippen LogP contribution in [0.4, 0.5) is 11.4 Å². The van der Waals surface area contributed by atoms with Gasteiger partial charge in [-0.2, -0.15) is 0 Å². The summed E-state index contributed by atoms with van der Waals surface area (Å²) >= 11 is 0. The van der Waals surface area contributed by atoms with Crippen LogP contribution in [0.5, 0.6) is 17.2 Å². The zero-order chi connectivity index (χ0) is 19.1. The molecule has 0 atom stereocenters. The number of nitrogens with one attached hydrogen (secondary N) is 1. The Morgan fingerprint density at radius 2 is 1.65 bits per heavy atom. The summed E-state index contributed by atoms with van der Waals surface area (Å²) in [6, 6.07) is 9.40. The highest BCUT2D eigenvalue weighted by atomic mass is 16.6. The first-order chi connectivity index (χ1) is 12.5. The average molecular weight is 358 g/mol. The maximum Gasteiger partial charge on any atom is 0.312 e. The molecule has 2 aromatic carbocycles. The molecule has 0 saturated heterocycles. The molecule has 0 fully saturated rings. The maximum atomic E-state index is 12.0. The van der Waals surface area contributed by atoms with Crippen LogP contribution in [-0.4, -0.2) is 32.2 Å². The number of carbonyl (C=O) groups excluding carboxylic acids is 1. The summed E-state index contributed by atoms with van der Waals surface area (Å²) in [5, 5.41) is 13.6. The predicted octanol–water partition coefficient (Wildman–Crippen LogP) is 3.27. The first-order valence-corrected chi connectivity index (χ1v) is 7.52. The van der Waals surface area contributed by atoms with E-state index in [-0.39, 0.29) is 11.4 Å². The smallest absolute Gasteiger partial charge is 0.312 e. The van der Waals surface area contributed by atoms with Gasteiger partial charge in [-0.1, -0.05) is 6.07 Å². The molecule has 1 amide bonds. The van der Waals surface area contributed by atoms with Gasteiger partial charge < -0.3 is 19.5 Å². The van der Waals surface area contributed by atoms with E-state index in [0.29, 0.717) is 17.2 Å². The lowest BCUT2D eigenvalue weighted by Crippen LogP contribution is -2.08. The lowest BCUT2D eigenvalue weighted by atomic mass is 10.2. The molecule has 2 aromatic rings. The molecule has 0 unspecified atom stereocenters. The fourth-order valence-corrected chi connectivity index (χ4v) is 2.22. The van der Waals surface area contributed by atoms with Crippen molar-refractivity contribution in [2.45, 2.75) is 0 Å². The molecule has 0 radical (unpaired) electrons. The van der Waals surface area contributed by atoms with Gasteiger partial charge in [-0.3, -0.25) is 14.9 Å². The minimum atomic E-state index is -0.575. The number of nitro benzene ring substituents is 1. The summed E-state index contributed by atoms with van der Waals surface area (Å²) in [4.78, 5) is 22.5. The molecule has 8 heteroatoms. The second-order valence-electron chi connectivity index (χ2n) is 5.08. The van der Waals surface area contributed by atoms with Gasteiger partial charge in [0.1, 0.15) is 0 Å². The first kappa shape index (κ1) is 18.8. The van der Waals surface area contributed by atoms with E-state index >= 15 is 0 Å². The van der Waals surface area contributed by atoms with E-state index in [2.05, 4.69) is 5.32 Å². The number of hydrogen-bond acceptors (Lipinski definition) is 6. The maximum absolute atomic E-state index is 12.0. The molecule has 0 heterocycles. The molecule has 0 aliphatic rings. The molecule has 0 bridgehead atoms. The van der Waals surface area contributed by atoms with Gasteiger partial charge in [0.05, 0.1) is 26.3 Å². The second kappa shape index (κ2) is 8.52. The highest BCUT2D eigenvalue weighted by Crippen LogP contribution is 2.30. The molecule has 0 aliphatic carbocycles. The van der Waals surface area contributed by atoms with Gasteiger partial charge in [0.2, 0.25) is 5.91 Å². The number of nitrogens with zero attached hydrogens (tertiary/aromatic N) is 1. The highest BCUT2D eigenvalue weighted by molar-refractivity contribution is 6.02. The van der Waals surface area contributed by atoms with Crippen LogP contribution in [-0.2, 0) is 4.79 Å². The molecular weight excluding hydrogens is 340 g/mol. The first-order valence-electron chi connectivity index (χ1n) is 7.52. The van der Waals surface area contributed by atoms with Crippen LogP contribution >= 0.6 is 0 Å². The van der Waals surface area contributed by atoms with Gasteiger partial charge in [0.15, 0.2) is 17.2 Å². The van der Waals surface area contributed by atoms with E-state index in [1.165, 1.54) is 45.6 Å². The van der Waals surface area contributed by atoms with Crippen LogP contribution in [0, 0.1) is 10.1 Å². The van der Waals surface area contributed by atoms with Crippen LogP contribution in [0.2, 0.25) is 0 Å². The van der Waals surface area contributed by atoms with Crippen molar-refractivity contribution in [1.82, 2.24) is 0 Å². The number of benzene rings is 2. The van der Waals surface area contributed by atoms with Crippen molar-refractivity contribution in [3.05, 3.63) is 58.2 Å². The number of carbonyl (C=O) groups is 1. The topological polar surface area (TPSA) is 99.9 Å². The van der Waals surface area contributed by atoms with E-state index in [0.717, 1.165) is 5.56 Å². The Hall–Kier alpha value is -3.55. The fourth-order valence-electron chi connectivity index (χ4n) is 2.22. The highest BCUT2D eigenvalue weighted by Gasteiger charge is 2.15. The average Bonchev–Trinajstić information content (AvgIpc) is 2.65. The zero-order valence-corrected chi connectivity index (χ0v) is 14.5. The van der Waals surface area contributed by atoms with Gasteiger partial charge in [0, 0.05) is 17.8 Å². The standard InChI is InChI=1S/C18H18N2O6/c1-24-15-8-6-13(11-14(15)20(22)23)19-18(21)9-5-12-4-7-16(25-2)17(10-12)26-3/h4-11H,1-3H3,(H,19,21)/b9-5+. The molecule has 26 heavy (non-hydrogen) atoms. The molecule has 1 N–H and O–H groups in total.